The van der Waals surface area contributed by atoms with Gasteiger partial charge in [-0.1, -0.05) is 29.8 Å². The zero-order chi connectivity index (χ0) is 16.1. The maximum absolute atomic E-state index is 12.4. The third-order valence-electron chi connectivity index (χ3n) is 4.77. The van der Waals surface area contributed by atoms with Gasteiger partial charge in [0.05, 0.1) is 13.2 Å². The average molecular weight is 339 g/mol. The molecule has 2 amide bonds. The van der Waals surface area contributed by atoms with Crippen molar-refractivity contribution in [3.8, 4) is 0 Å². The van der Waals surface area contributed by atoms with Crippen molar-refractivity contribution in [1.82, 2.24) is 10.2 Å². The second kappa shape index (κ2) is 7.51. The maximum atomic E-state index is 12.4. The molecule has 6 heteroatoms. The van der Waals surface area contributed by atoms with E-state index in [-0.39, 0.29) is 11.4 Å². The molecular formula is C17H23ClN2O3. The van der Waals surface area contributed by atoms with Gasteiger partial charge in [-0.2, -0.15) is 0 Å². The molecule has 2 aliphatic heterocycles. The highest BCUT2D eigenvalue weighted by atomic mass is 35.5. The van der Waals surface area contributed by atoms with Gasteiger partial charge in [0.15, 0.2) is 0 Å². The van der Waals surface area contributed by atoms with E-state index in [4.69, 9.17) is 21.1 Å². The van der Waals surface area contributed by atoms with Crippen molar-refractivity contribution >= 4 is 17.6 Å². The molecule has 1 N–H and O–H groups in total. The Morgan fingerprint density at radius 2 is 1.78 bits per heavy atom. The number of carbonyl (C=O) groups is 1. The second-order valence-electron chi connectivity index (χ2n) is 6.13. The van der Waals surface area contributed by atoms with Crippen LogP contribution in [0.15, 0.2) is 24.3 Å². The van der Waals surface area contributed by atoms with Gasteiger partial charge in [-0.15, -0.1) is 0 Å². The molecule has 0 bridgehead atoms. The minimum Gasteiger partial charge on any atom is -0.381 e. The van der Waals surface area contributed by atoms with Crippen LogP contribution in [0.25, 0.3) is 0 Å². The van der Waals surface area contributed by atoms with Crippen LogP contribution in [0.2, 0.25) is 5.02 Å². The summed E-state index contributed by atoms with van der Waals surface area (Å²) in [6.45, 7) is 4.48. The molecule has 0 aromatic heterocycles. The Hall–Kier alpha value is -1.30. The highest BCUT2D eigenvalue weighted by Crippen LogP contribution is 2.38. The molecular weight excluding hydrogens is 316 g/mol. The SMILES string of the molecule is O=C(NCC1(c2ccccc2Cl)CCOCC1)N1CCOCC1. The van der Waals surface area contributed by atoms with E-state index in [1.54, 1.807) is 0 Å². The highest BCUT2D eigenvalue weighted by molar-refractivity contribution is 6.31. The Balaban J connectivity index is 1.72. The van der Waals surface area contributed by atoms with E-state index in [2.05, 4.69) is 11.4 Å². The minimum absolute atomic E-state index is 0.0220. The number of benzene rings is 1. The standard InChI is InChI=1S/C17H23ClN2O3/c18-15-4-2-1-3-14(15)17(5-9-22-10-6-17)13-19-16(21)20-7-11-23-12-8-20/h1-4H,5-13H2,(H,19,21). The smallest absolute Gasteiger partial charge is 0.317 e. The predicted molar refractivity (Wildman–Crippen MR) is 89.0 cm³/mol. The number of hydrogen-bond donors (Lipinski definition) is 1. The average Bonchev–Trinajstić information content (AvgIpc) is 2.61. The van der Waals surface area contributed by atoms with Crippen molar-refractivity contribution in [2.75, 3.05) is 46.1 Å². The molecule has 0 atom stereocenters. The first-order valence-corrected chi connectivity index (χ1v) is 8.52. The lowest BCUT2D eigenvalue weighted by Crippen LogP contribution is -2.51. The summed E-state index contributed by atoms with van der Waals surface area (Å²) in [6.07, 6.45) is 1.72. The molecule has 126 valence electrons. The van der Waals surface area contributed by atoms with E-state index < -0.39 is 0 Å². The summed E-state index contributed by atoms with van der Waals surface area (Å²) in [5.74, 6) is 0. The lowest BCUT2D eigenvalue weighted by Gasteiger charge is -2.39. The summed E-state index contributed by atoms with van der Waals surface area (Å²) in [4.78, 5) is 14.2. The van der Waals surface area contributed by atoms with E-state index >= 15 is 0 Å². The monoisotopic (exact) mass is 338 g/mol. The summed E-state index contributed by atoms with van der Waals surface area (Å²) in [6, 6.07) is 7.89. The summed E-state index contributed by atoms with van der Waals surface area (Å²) in [5, 5.41) is 3.87. The molecule has 0 radical (unpaired) electrons. The number of rotatable bonds is 3. The van der Waals surface area contributed by atoms with E-state index in [9.17, 15) is 4.79 Å². The number of carbonyl (C=O) groups excluding carboxylic acids is 1. The number of morpholine rings is 1. The fourth-order valence-corrected chi connectivity index (χ4v) is 3.65. The van der Waals surface area contributed by atoms with E-state index in [1.807, 2.05) is 23.1 Å². The molecule has 5 nitrogen and oxygen atoms in total. The lowest BCUT2D eigenvalue weighted by atomic mass is 9.74. The number of halogens is 1. The number of nitrogens with zero attached hydrogens (tertiary/aromatic N) is 1. The fourth-order valence-electron chi connectivity index (χ4n) is 3.32. The Kier molecular flexibility index (Phi) is 5.41. The quantitative estimate of drug-likeness (QED) is 0.921. The first-order chi connectivity index (χ1) is 11.2. The number of amides is 2. The van der Waals surface area contributed by atoms with Gasteiger partial charge < -0.3 is 19.7 Å². The molecule has 0 unspecified atom stereocenters. The molecule has 2 saturated heterocycles. The Bertz CT molecular complexity index is 540. The molecule has 1 aromatic carbocycles. The molecule has 2 fully saturated rings. The van der Waals surface area contributed by atoms with Gasteiger partial charge in [-0.3, -0.25) is 0 Å². The van der Waals surface area contributed by atoms with Crippen molar-refractivity contribution in [3.63, 3.8) is 0 Å². The molecule has 0 saturated carbocycles. The van der Waals surface area contributed by atoms with Gasteiger partial charge in [0, 0.05) is 43.3 Å². The maximum Gasteiger partial charge on any atom is 0.317 e. The zero-order valence-corrected chi connectivity index (χ0v) is 14.0. The van der Waals surface area contributed by atoms with Crippen LogP contribution in [0.3, 0.4) is 0 Å². The van der Waals surface area contributed by atoms with Crippen LogP contribution in [0.4, 0.5) is 4.79 Å². The number of nitrogens with one attached hydrogen (secondary N) is 1. The zero-order valence-electron chi connectivity index (χ0n) is 13.2. The van der Waals surface area contributed by atoms with Crippen LogP contribution in [-0.4, -0.2) is 57.0 Å². The van der Waals surface area contributed by atoms with Gasteiger partial charge in [0.1, 0.15) is 0 Å². The van der Waals surface area contributed by atoms with Crippen molar-refractivity contribution in [2.24, 2.45) is 0 Å². The molecule has 23 heavy (non-hydrogen) atoms. The van der Waals surface area contributed by atoms with E-state index in [1.165, 1.54) is 0 Å². The Labute approximate surface area is 141 Å². The molecule has 3 rings (SSSR count). The second-order valence-corrected chi connectivity index (χ2v) is 6.54. The molecule has 0 spiro atoms. The number of ether oxygens (including phenoxy) is 2. The van der Waals surface area contributed by atoms with Crippen molar-refractivity contribution < 1.29 is 14.3 Å². The van der Waals surface area contributed by atoms with Gasteiger partial charge >= 0.3 is 6.03 Å². The van der Waals surface area contributed by atoms with Crippen molar-refractivity contribution in [3.05, 3.63) is 34.9 Å². The first-order valence-electron chi connectivity index (χ1n) is 8.15. The molecule has 0 aliphatic carbocycles. The molecule has 1 aromatic rings. The summed E-state index contributed by atoms with van der Waals surface area (Å²) in [5.41, 5.74) is 0.950. The molecule has 2 heterocycles. The van der Waals surface area contributed by atoms with Crippen LogP contribution >= 0.6 is 11.6 Å². The van der Waals surface area contributed by atoms with Gasteiger partial charge in [0.25, 0.3) is 0 Å². The van der Waals surface area contributed by atoms with Crippen LogP contribution in [-0.2, 0) is 14.9 Å². The summed E-state index contributed by atoms with van der Waals surface area (Å²) >= 11 is 6.43. The first kappa shape index (κ1) is 16.6. The summed E-state index contributed by atoms with van der Waals surface area (Å²) < 4.78 is 10.8. The summed E-state index contributed by atoms with van der Waals surface area (Å²) in [7, 11) is 0. The van der Waals surface area contributed by atoms with E-state index in [0.717, 1.165) is 23.4 Å². The van der Waals surface area contributed by atoms with Crippen molar-refractivity contribution in [1.29, 1.82) is 0 Å². The Morgan fingerprint density at radius 1 is 1.13 bits per heavy atom. The third kappa shape index (κ3) is 3.79. The van der Waals surface area contributed by atoms with Gasteiger partial charge in [0.2, 0.25) is 0 Å². The predicted octanol–water partition coefficient (Wildman–Crippen LogP) is 2.43. The van der Waals surface area contributed by atoms with Gasteiger partial charge in [-0.25, -0.2) is 4.79 Å². The third-order valence-corrected chi connectivity index (χ3v) is 5.10. The number of hydrogen-bond acceptors (Lipinski definition) is 3. The van der Waals surface area contributed by atoms with E-state index in [0.29, 0.717) is 46.1 Å². The fraction of sp³-hybridized carbons (Fsp3) is 0.588. The van der Waals surface area contributed by atoms with Crippen LogP contribution in [0.1, 0.15) is 18.4 Å². The van der Waals surface area contributed by atoms with Crippen LogP contribution < -0.4 is 5.32 Å². The normalized spacial score (nSPS) is 21.0. The van der Waals surface area contributed by atoms with Gasteiger partial charge in [-0.05, 0) is 24.5 Å². The Morgan fingerprint density at radius 3 is 2.48 bits per heavy atom. The topological polar surface area (TPSA) is 50.8 Å². The van der Waals surface area contributed by atoms with Crippen LogP contribution in [0.5, 0.6) is 0 Å². The minimum atomic E-state index is -0.154. The highest BCUT2D eigenvalue weighted by Gasteiger charge is 2.36. The lowest BCUT2D eigenvalue weighted by molar-refractivity contribution is 0.0439. The van der Waals surface area contributed by atoms with Crippen molar-refractivity contribution in [2.45, 2.75) is 18.3 Å². The molecule has 2 aliphatic rings. The van der Waals surface area contributed by atoms with Crippen LogP contribution in [0, 0.1) is 0 Å². The number of urea groups is 1. The largest absolute Gasteiger partial charge is 0.381 e.